The number of hydrogen-bond acceptors (Lipinski definition) is 7. The van der Waals surface area contributed by atoms with E-state index in [1.165, 1.54) is 18.1 Å². The highest BCUT2D eigenvalue weighted by Gasteiger charge is 2.14. The van der Waals surface area contributed by atoms with Gasteiger partial charge in [0.05, 0.1) is 18.9 Å². The molecule has 3 rings (SSSR count). The molecule has 0 aliphatic heterocycles. The normalized spacial score (nSPS) is 10.8. The van der Waals surface area contributed by atoms with Crippen molar-refractivity contribution in [2.45, 2.75) is 18.5 Å². The van der Waals surface area contributed by atoms with Crippen LogP contribution in [0, 0.1) is 0 Å². The molecule has 23 heavy (non-hydrogen) atoms. The molecule has 7 nitrogen and oxygen atoms in total. The summed E-state index contributed by atoms with van der Waals surface area (Å²) in [5.41, 5.74) is 2.35. The summed E-state index contributed by atoms with van der Waals surface area (Å²) in [5, 5.41) is 8.93. The molecule has 0 atom stereocenters. The van der Waals surface area contributed by atoms with Crippen molar-refractivity contribution in [3.8, 4) is 0 Å². The number of aromatic nitrogens is 5. The maximum Gasteiger partial charge on any atom is 0.316 e. The predicted molar refractivity (Wildman–Crippen MR) is 86.0 cm³/mol. The first kappa shape index (κ1) is 15.4. The molecule has 2 aromatic heterocycles. The molecule has 0 fully saturated rings. The lowest BCUT2D eigenvalue weighted by Crippen LogP contribution is -2.07. The Hall–Kier alpha value is -2.48. The Bertz CT molecular complexity index is 806. The number of ether oxygens (including phenoxy) is 1. The van der Waals surface area contributed by atoms with Crippen LogP contribution in [0.25, 0.3) is 11.2 Å². The molecular formula is C15H15N5O2S. The molecule has 0 spiro atoms. The number of benzene rings is 1. The van der Waals surface area contributed by atoms with Crippen molar-refractivity contribution in [3.05, 3.63) is 42.2 Å². The van der Waals surface area contributed by atoms with E-state index >= 15 is 0 Å². The highest BCUT2D eigenvalue weighted by Crippen LogP contribution is 2.22. The fraction of sp³-hybridized carbons (Fsp3) is 0.267. The summed E-state index contributed by atoms with van der Waals surface area (Å²) in [6, 6.07) is 9.96. The maximum absolute atomic E-state index is 11.5. The number of hydrogen-bond donors (Lipinski definition) is 0. The number of carbonyl (C=O) groups excluding carboxylic acids is 1. The topological polar surface area (TPSA) is 82.8 Å². The first-order chi connectivity index (χ1) is 11.3. The zero-order valence-corrected chi connectivity index (χ0v) is 13.4. The lowest BCUT2D eigenvalue weighted by molar-refractivity contribution is -0.139. The highest BCUT2D eigenvalue weighted by molar-refractivity contribution is 8.00. The van der Waals surface area contributed by atoms with Gasteiger partial charge < -0.3 is 4.74 Å². The van der Waals surface area contributed by atoms with Gasteiger partial charge in [-0.05, 0) is 12.5 Å². The van der Waals surface area contributed by atoms with Crippen molar-refractivity contribution in [2.75, 3.05) is 12.4 Å². The Labute approximate surface area is 137 Å². The van der Waals surface area contributed by atoms with Crippen LogP contribution in [0.2, 0.25) is 0 Å². The van der Waals surface area contributed by atoms with E-state index in [0.717, 1.165) is 5.56 Å². The van der Waals surface area contributed by atoms with E-state index in [-0.39, 0.29) is 11.7 Å². The minimum atomic E-state index is -0.277. The minimum absolute atomic E-state index is 0.186. The molecule has 0 bridgehead atoms. The van der Waals surface area contributed by atoms with Crippen LogP contribution in [0.4, 0.5) is 0 Å². The van der Waals surface area contributed by atoms with Crippen LogP contribution in [0.3, 0.4) is 0 Å². The molecule has 8 heteroatoms. The summed E-state index contributed by atoms with van der Waals surface area (Å²) < 4.78 is 6.64. The molecule has 0 aliphatic carbocycles. The monoisotopic (exact) mass is 329 g/mol. The number of carbonyl (C=O) groups is 1. The standard InChI is InChI=1S/C15H15N5O2S/c1-2-22-12(21)9-23-15-13-14(16-10-17-15)20(19-18-13)8-11-6-4-3-5-7-11/h3-7,10H,2,8-9H2,1H3. The zero-order chi connectivity index (χ0) is 16.1. The molecule has 0 amide bonds. The van der Waals surface area contributed by atoms with Crippen molar-refractivity contribution in [1.82, 2.24) is 25.0 Å². The summed E-state index contributed by atoms with van der Waals surface area (Å²) in [5.74, 6) is -0.0909. The van der Waals surface area contributed by atoms with Crippen LogP contribution in [0.1, 0.15) is 12.5 Å². The Balaban J connectivity index is 1.81. The van der Waals surface area contributed by atoms with Crippen molar-refractivity contribution < 1.29 is 9.53 Å². The summed E-state index contributed by atoms with van der Waals surface area (Å²) in [7, 11) is 0. The lowest BCUT2D eigenvalue weighted by Gasteiger charge is -2.03. The van der Waals surface area contributed by atoms with Gasteiger partial charge in [0.25, 0.3) is 0 Å². The zero-order valence-electron chi connectivity index (χ0n) is 12.5. The SMILES string of the molecule is CCOC(=O)CSc1ncnc2c1nnn2Cc1ccccc1. The largest absolute Gasteiger partial charge is 0.465 e. The van der Waals surface area contributed by atoms with Gasteiger partial charge in [0.2, 0.25) is 0 Å². The molecule has 0 unspecified atom stereocenters. The number of esters is 1. The van der Waals surface area contributed by atoms with Gasteiger partial charge in [-0.1, -0.05) is 47.3 Å². The molecule has 0 saturated carbocycles. The van der Waals surface area contributed by atoms with Crippen molar-refractivity contribution in [3.63, 3.8) is 0 Å². The summed E-state index contributed by atoms with van der Waals surface area (Å²) in [6.45, 7) is 2.72. The molecule has 0 N–H and O–H groups in total. The second kappa shape index (κ2) is 7.19. The molecular weight excluding hydrogens is 314 g/mol. The van der Waals surface area contributed by atoms with Crippen LogP contribution in [0.5, 0.6) is 0 Å². The van der Waals surface area contributed by atoms with Gasteiger partial charge in [0.15, 0.2) is 11.2 Å². The van der Waals surface area contributed by atoms with Crippen molar-refractivity contribution in [1.29, 1.82) is 0 Å². The third kappa shape index (κ3) is 3.65. The van der Waals surface area contributed by atoms with Crippen molar-refractivity contribution >= 4 is 28.9 Å². The van der Waals surface area contributed by atoms with E-state index < -0.39 is 0 Å². The Morgan fingerprint density at radius 1 is 1.26 bits per heavy atom. The van der Waals surface area contributed by atoms with E-state index in [9.17, 15) is 4.79 Å². The van der Waals surface area contributed by atoms with E-state index in [0.29, 0.717) is 29.3 Å². The van der Waals surface area contributed by atoms with E-state index in [1.54, 1.807) is 11.6 Å². The second-order valence-electron chi connectivity index (χ2n) is 4.68. The van der Waals surface area contributed by atoms with E-state index in [1.807, 2.05) is 30.3 Å². The van der Waals surface area contributed by atoms with Crippen LogP contribution < -0.4 is 0 Å². The average Bonchev–Trinajstić information content (AvgIpc) is 2.98. The fourth-order valence-corrected chi connectivity index (χ4v) is 2.80. The number of thioether (sulfide) groups is 1. The molecule has 3 aromatic rings. The van der Waals surface area contributed by atoms with Crippen molar-refractivity contribution in [2.24, 2.45) is 0 Å². The first-order valence-corrected chi connectivity index (χ1v) is 8.13. The Kier molecular flexibility index (Phi) is 4.82. The summed E-state index contributed by atoms with van der Waals surface area (Å²) in [6.07, 6.45) is 1.46. The molecule has 0 saturated heterocycles. The van der Waals surface area contributed by atoms with Crippen LogP contribution in [0.15, 0.2) is 41.7 Å². The number of fused-ring (bicyclic) bond motifs is 1. The van der Waals surface area contributed by atoms with Gasteiger partial charge in [-0.25, -0.2) is 14.6 Å². The smallest absolute Gasteiger partial charge is 0.316 e. The molecule has 2 heterocycles. The molecule has 0 aliphatic rings. The third-order valence-electron chi connectivity index (χ3n) is 3.07. The quantitative estimate of drug-likeness (QED) is 0.388. The predicted octanol–water partition coefficient (Wildman–Crippen LogP) is 1.92. The Morgan fingerprint density at radius 2 is 2.09 bits per heavy atom. The third-order valence-corrected chi connectivity index (χ3v) is 4.03. The molecule has 118 valence electrons. The minimum Gasteiger partial charge on any atom is -0.465 e. The maximum atomic E-state index is 11.5. The van der Waals surface area contributed by atoms with Gasteiger partial charge in [-0.3, -0.25) is 4.79 Å². The number of rotatable bonds is 6. The van der Waals surface area contributed by atoms with Gasteiger partial charge in [0.1, 0.15) is 11.4 Å². The van der Waals surface area contributed by atoms with Gasteiger partial charge in [-0.15, -0.1) is 5.10 Å². The Morgan fingerprint density at radius 3 is 2.87 bits per heavy atom. The van der Waals surface area contributed by atoms with Gasteiger partial charge in [-0.2, -0.15) is 0 Å². The summed E-state index contributed by atoms with van der Waals surface area (Å²) in [4.78, 5) is 19.9. The lowest BCUT2D eigenvalue weighted by atomic mass is 10.2. The number of nitrogens with zero attached hydrogens (tertiary/aromatic N) is 5. The fourth-order valence-electron chi connectivity index (χ4n) is 2.07. The van der Waals surface area contributed by atoms with Crippen LogP contribution in [-0.2, 0) is 16.1 Å². The summed E-state index contributed by atoms with van der Waals surface area (Å²) >= 11 is 1.28. The van der Waals surface area contributed by atoms with E-state index in [4.69, 9.17) is 4.74 Å². The molecule has 1 aromatic carbocycles. The van der Waals surface area contributed by atoms with E-state index in [2.05, 4.69) is 20.3 Å². The highest BCUT2D eigenvalue weighted by atomic mass is 32.2. The molecule has 0 radical (unpaired) electrons. The van der Waals surface area contributed by atoms with Crippen LogP contribution >= 0.6 is 11.8 Å². The van der Waals surface area contributed by atoms with Gasteiger partial charge in [0, 0.05) is 0 Å². The van der Waals surface area contributed by atoms with Crippen LogP contribution in [-0.4, -0.2) is 43.3 Å². The van der Waals surface area contributed by atoms with Gasteiger partial charge >= 0.3 is 5.97 Å². The first-order valence-electron chi connectivity index (χ1n) is 7.14. The second-order valence-corrected chi connectivity index (χ2v) is 5.64. The average molecular weight is 329 g/mol.